The minimum absolute atomic E-state index is 0.395. The molecule has 0 spiro atoms. The molecule has 1 aromatic rings. The van der Waals surface area contributed by atoms with Crippen LogP contribution in [0.15, 0.2) is 35.5 Å². The van der Waals surface area contributed by atoms with Crippen LogP contribution in [-0.4, -0.2) is 12.0 Å². The van der Waals surface area contributed by atoms with E-state index < -0.39 is 5.60 Å². The van der Waals surface area contributed by atoms with Crippen molar-refractivity contribution in [1.82, 2.24) is 0 Å². The summed E-state index contributed by atoms with van der Waals surface area (Å²) in [5.41, 5.74) is 1.19. The molecule has 1 unspecified atom stereocenters. The Morgan fingerprint density at radius 3 is 2.67 bits per heavy atom. The van der Waals surface area contributed by atoms with Crippen LogP contribution in [0.4, 0.5) is 0 Å². The number of hydrogen-bond acceptors (Lipinski definition) is 3. The minimum Gasteiger partial charge on any atom is -0.384 e. The predicted octanol–water partition coefficient (Wildman–Crippen LogP) is 2.27. The van der Waals surface area contributed by atoms with E-state index >= 15 is 0 Å². The van der Waals surface area contributed by atoms with Crippen LogP contribution < -0.4 is 0 Å². The van der Waals surface area contributed by atoms with Gasteiger partial charge in [-0.25, -0.2) is 0 Å². The Hall–Kier alpha value is -1.64. The molecule has 0 bridgehead atoms. The molecule has 0 saturated carbocycles. The van der Waals surface area contributed by atoms with Crippen LogP contribution in [-0.2, 0) is 15.2 Å². The summed E-state index contributed by atoms with van der Waals surface area (Å²) in [7, 11) is 0. The van der Waals surface area contributed by atoms with Gasteiger partial charge in [-0.3, -0.25) is 4.79 Å². The molecule has 78 valence electrons. The lowest BCUT2D eigenvalue weighted by molar-refractivity contribution is -0.104. The van der Waals surface area contributed by atoms with E-state index in [0.29, 0.717) is 12.1 Å². The van der Waals surface area contributed by atoms with Crippen molar-refractivity contribution in [2.75, 3.05) is 0 Å². The van der Waals surface area contributed by atoms with Gasteiger partial charge in [0, 0.05) is 6.42 Å². The quantitative estimate of drug-likeness (QED) is 0.691. The molecule has 1 heterocycles. The Morgan fingerprint density at radius 2 is 2.13 bits per heavy atom. The van der Waals surface area contributed by atoms with E-state index in [0.717, 1.165) is 18.3 Å². The minimum atomic E-state index is -0.395. The summed E-state index contributed by atoms with van der Waals surface area (Å²) < 4.78 is 0. The fourth-order valence-electron chi connectivity index (χ4n) is 1.69. The SMILES string of the molecule is CC1(c2ccccc2)CCC(C=O)=NO1. The zero-order chi connectivity index (χ0) is 10.7. The fraction of sp³-hybridized carbons (Fsp3) is 0.333. The largest absolute Gasteiger partial charge is 0.384 e. The highest BCUT2D eigenvalue weighted by Crippen LogP contribution is 2.33. The summed E-state index contributed by atoms with van der Waals surface area (Å²) in [5, 5.41) is 3.83. The summed E-state index contributed by atoms with van der Waals surface area (Å²) in [6.07, 6.45) is 2.22. The Balaban J connectivity index is 2.24. The van der Waals surface area contributed by atoms with Crippen molar-refractivity contribution in [2.45, 2.75) is 25.4 Å². The van der Waals surface area contributed by atoms with Crippen LogP contribution in [0.25, 0.3) is 0 Å². The maximum atomic E-state index is 10.5. The first-order valence-electron chi connectivity index (χ1n) is 5.00. The van der Waals surface area contributed by atoms with E-state index in [1.807, 2.05) is 37.3 Å². The molecular formula is C12H13NO2. The fourth-order valence-corrected chi connectivity index (χ4v) is 1.69. The lowest BCUT2D eigenvalue weighted by Gasteiger charge is -2.30. The molecule has 0 aliphatic carbocycles. The molecule has 0 aromatic heterocycles. The van der Waals surface area contributed by atoms with Crippen molar-refractivity contribution < 1.29 is 9.63 Å². The number of aldehydes is 1. The number of nitrogens with zero attached hydrogens (tertiary/aromatic N) is 1. The van der Waals surface area contributed by atoms with E-state index in [4.69, 9.17) is 4.84 Å². The first-order chi connectivity index (χ1) is 7.24. The molecule has 0 saturated heterocycles. The molecule has 0 radical (unpaired) electrons. The van der Waals surface area contributed by atoms with Crippen LogP contribution in [0.5, 0.6) is 0 Å². The van der Waals surface area contributed by atoms with Crippen molar-refractivity contribution >= 4 is 12.0 Å². The lowest BCUT2D eigenvalue weighted by atomic mass is 9.89. The first-order valence-corrected chi connectivity index (χ1v) is 5.00. The number of oxime groups is 1. The Labute approximate surface area is 88.7 Å². The van der Waals surface area contributed by atoms with Crippen molar-refractivity contribution in [3.05, 3.63) is 35.9 Å². The molecule has 1 aromatic carbocycles. The van der Waals surface area contributed by atoms with Crippen LogP contribution in [0.2, 0.25) is 0 Å². The Bertz CT molecular complexity index is 386. The third-order valence-electron chi connectivity index (χ3n) is 2.74. The van der Waals surface area contributed by atoms with Crippen molar-refractivity contribution in [1.29, 1.82) is 0 Å². The van der Waals surface area contributed by atoms with Gasteiger partial charge in [-0.15, -0.1) is 0 Å². The predicted molar refractivity (Wildman–Crippen MR) is 57.6 cm³/mol. The number of rotatable bonds is 2. The standard InChI is InChI=1S/C12H13NO2/c1-12(10-5-3-2-4-6-10)8-7-11(9-14)13-15-12/h2-6,9H,7-8H2,1H3. The van der Waals surface area contributed by atoms with E-state index in [2.05, 4.69) is 5.16 Å². The van der Waals surface area contributed by atoms with Gasteiger partial charge in [0.15, 0.2) is 11.9 Å². The second kappa shape index (κ2) is 3.85. The number of hydrogen-bond donors (Lipinski definition) is 0. The second-order valence-electron chi connectivity index (χ2n) is 3.89. The third kappa shape index (κ3) is 1.91. The monoisotopic (exact) mass is 203 g/mol. The summed E-state index contributed by atoms with van der Waals surface area (Å²) in [6, 6.07) is 9.95. The van der Waals surface area contributed by atoms with Crippen LogP contribution >= 0.6 is 0 Å². The van der Waals surface area contributed by atoms with Crippen molar-refractivity contribution in [2.24, 2.45) is 5.16 Å². The Morgan fingerprint density at radius 1 is 1.40 bits per heavy atom. The summed E-state index contributed by atoms with van der Waals surface area (Å²) >= 11 is 0. The third-order valence-corrected chi connectivity index (χ3v) is 2.74. The highest BCUT2D eigenvalue weighted by atomic mass is 16.7. The van der Waals surface area contributed by atoms with Gasteiger partial charge in [-0.2, -0.15) is 0 Å². The van der Waals surface area contributed by atoms with Gasteiger partial charge in [0.25, 0.3) is 0 Å². The van der Waals surface area contributed by atoms with E-state index in [1.165, 1.54) is 0 Å². The van der Waals surface area contributed by atoms with Gasteiger partial charge < -0.3 is 4.84 Å². The molecule has 15 heavy (non-hydrogen) atoms. The second-order valence-corrected chi connectivity index (χ2v) is 3.89. The molecular weight excluding hydrogens is 190 g/mol. The maximum Gasteiger partial charge on any atom is 0.167 e. The number of benzene rings is 1. The van der Waals surface area contributed by atoms with E-state index in [9.17, 15) is 4.79 Å². The molecule has 1 atom stereocenters. The maximum absolute atomic E-state index is 10.5. The Kier molecular flexibility index (Phi) is 2.54. The van der Waals surface area contributed by atoms with Crippen LogP contribution in [0, 0.1) is 0 Å². The average Bonchev–Trinajstić information content (AvgIpc) is 2.31. The molecule has 3 nitrogen and oxygen atoms in total. The molecule has 3 heteroatoms. The van der Waals surface area contributed by atoms with Gasteiger partial charge in [0.2, 0.25) is 0 Å². The highest BCUT2D eigenvalue weighted by molar-refractivity contribution is 6.28. The van der Waals surface area contributed by atoms with Crippen LogP contribution in [0.1, 0.15) is 25.3 Å². The molecule has 0 N–H and O–H groups in total. The average molecular weight is 203 g/mol. The van der Waals surface area contributed by atoms with Gasteiger partial charge in [0.05, 0.1) is 0 Å². The summed E-state index contributed by atoms with van der Waals surface area (Å²) in [5.74, 6) is 0. The molecule has 1 aliphatic heterocycles. The molecule has 0 fully saturated rings. The summed E-state index contributed by atoms with van der Waals surface area (Å²) in [4.78, 5) is 15.9. The van der Waals surface area contributed by atoms with Gasteiger partial charge in [-0.1, -0.05) is 35.5 Å². The van der Waals surface area contributed by atoms with E-state index in [1.54, 1.807) is 0 Å². The smallest absolute Gasteiger partial charge is 0.167 e. The van der Waals surface area contributed by atoms with E-state index in [-0.39, 0.29) is 0 Å². The van der Waals surface area contributed by atoms with Crippen molar-refractivity contribution in [3.63, 3.8) is 0 Å². The molecule has 2 rings (SSSR count). The van der Waals surface area contributed by atoms with Crippen molar-refractivity contribution in [3.8, 4) is 0 Å². The summed E-state index contributed by atoms with van der Waals surface area (Å²) in [6.45, 7) is 1.99. The molecule has 0 amide bonds. The lowest BCUT2D eigenvalue weighted by Crippen LogP contribution is -2.29. The zero-order valence-electron chi connectivity index (χ0n) is 8.64. The van der Waals surface area contributed by atoms with Gasteiger partial charge >= 0.3 is 0 Å². The van der Waals surface area contributed by atoms with Gasteiger partial charge in [0.1, 0.15) is 5.71 Å². The number of carbonyl (C=O) groups is 1. The molecule has 1 aliphatic rings. The first kappa shape index (κ1) is 9.90. The normalized spacial score (nSPS) is 25.3. The zero-order valence-corrected chi connectivity index (χ0v) is 8.64. The van der Waals surface area contributed by atoms with Crippen LogP contribution in [0.3, 0.4) is 0 Å². The highest BCUT2D eigenvalue weighted by Gasteiger charge is 2.32. The number of carbonyl (C=O) groups excluding carboxylic acids is 1. The topological polar surface area (TPSA) is 38.7 Å². The van der Waals surface area contributed by atoms with Gasteiger partial charge in [-0.05, 0) is 18.9 Å².